The molecule has 1 unspecified atom stereocenters. The van der Waals surface area contributed by atoms with E-state index in [0.29, 0.717) is 11.3 Å². The highest BCUT2D eigenvalue weighted by Crippen LogP contribution is 2.29. The Bertz CT molecular complexity index is 1790. The molecule has 1 aliphatic heterocycles. The van der Waals surface area contributed by atoms with Crippen molar-refractivity contribution < 1.29 is 33.1 Å². The normalized spacial score (nSPS) is 17.6. The molecule has 2 fully saturated rings. The number of aryl methyl sites for hydroxylation is 1. The Morgan fingerprint density at radius 1 is 1.12 bits per heavy atom. The van der Waals surface area contributed by atoms with Gasteiger partial charge < -0.3 is 20.5 Å². The molecule has 2 aliphatic rings. The molecule has 3 aromatic rings. The number of benzene rings is 2. The number of rotatable bonds is 16. The molecule has 3 atom stereocenters. The van der Waals surface area contributed by atoms with Crippen molar-refractivity contribution in [1.82, 2.24) is 24.4 Å². The van der Waals surface area contributed by atoms with Gasteiger partial charge in [-0.15, -0.1) is 11.3 Å². The first-order chi connectivity index (χ1) is 24.4. The van der Waals surface area contributed by atoms with Gasteiger partial charge in [0.25, 0.3) is 5.91 Å². The Balaban J connectivity index is 1.39. The maximum Gasteiger partial charge on any atom is 0.328 e. The van der Waals surface area contributed by atoms with Crippen molar-refractivity contribution in [1.29, 1.82) is 0 Å². The van der Waals surface area contributed by atoms with Gasteiger partial charge in [-0.2, -0.15) is 4.31 Å². The highest BCUT2D eigenvalue weighted by molar-refractivity contribution is 7.89. The summed E-state index contributed by atoms with van der Waals surface area (Å²) in [7, 11) is -4.08. The minimum atomic E-state index is -4.08. The lowest BCUT2D eigenvalue weighted by atomic mass is 9.97. The topological polar surface area (TPSA) is 173 Å². The largest absolute Gasteiger partial charge is 0.411 e. The van der Waals surface area contributed by atoms with Crippen LogP contribution in [0.15, 0.2) is 70.0 Å². The number of sulfonamides is 1. The second kappa shape index (κ2) is 16.9. The third-order valence-electron chi connectivity index (χ3n) is 9.45. The summed E-state index contributed by atoms with van der Waals surface area (Å²) in [4.78, 5) is 47.5. The number of carbonyl (C=O) groups excluding carboxylic acids is 3. The summed E-state index contributed by atoms with van der Waals surface area (Å²) in [6.45, 7) is 5.05. The van der Waals surface area contributed by atoms with Crippen LogP contribution in [0.4, 0.5) is 4.79 Å². The fourth-order valence-corrected chi connectivity index (χ4v) is 8.97. The number of aromatic nitrogens is 1. The van der Waals surface area contributed by atoms with Gasteiger partial charge in [-0.05, 0) is 61.3 Å². The molecule has 51 heavy (non-hydrogen) atoms. The second-order valence-corrected chi connectivity index (χ2v) is 16.6. The van der Waals surface area contributed by atoms with Crippen LogP contribution in [0.1, 0.15) is 61.4 Å². The minimum Gasteiger partial charge on any atom is -0.411 e. The number of imide groups is 1. The number of urea groups is 1. The van der Waals surface area contributed by atoms with Crippen LogP contribution in [0, 0.1) is 18.8 Å². The van der Waals surface area contributed by atoms with Crippen LogP contribution in [-0.4, -0.2) is 99.7 Å². The zero-order valence-electron chi connectivity index (χ0n) is 29.1. The molecule has 0 bridgehead atoms. The molecule has 3 N–H and O–H groups in total. The van der Waals surface area contributed by atoms with E-state index in [9.17, 15) is 27.9 Å². The number of nitrogens with one attached hydrogen (secondary N) is 1. The van der Waals surface area contributed by atoms with Crippen LogP contribution in [0.5, 0.6) is 0 Å². The summed E-state index contributed by atoms with van der Waals surface area (Å²) in [5.74, 6) is -1.26. The van der Waals surface area contributed by atoms with Gasteiger partial charge in [0.1, 0.15) is 12.6 Å². The summed E-state index contributed by atoms with van der Waals surface area (Å²) < 4.78 is 29.5. The van der Waals surface area contributed by atoms with E-state index in [1.54, 1.807) is 19.2 Å². The fourth-order valence-electron chi connectivity index (χ4n) is 6.83. The van der Waals surface area contributed by atoms with Gasteiger partial charge in [-0.25, -0.2) is 18.2 Å². The molecule has 1 aliphatic carbocycles. The number of hydrogen-bond donors (Lipinski definition) is 3. The number of nitrogens with zero attached hydrogens (tertiary/aromatic N) is 5. The third-order valence-corrected chi connectivity index (χ3v) is 12.1. The van der Waals surface area contributed by atoms with Gasteiger partial charge >= 0.3 is 6.03 Å². The molecule has 13 nitrogen and oxygen atoms in total. The number of aliphatic hydroxyl groups is 1. The number of hydrogen-bond acceptors (Lipinski definition) is 10. The van der Waals surface area contributed by atoms with E-state index in [1.807, 2.05) is 37.3 Å². The molecule has 2 aromatic carbocycles. The Morgan fingerprint density at radius 2 is 1.80 bits per heavy atom. The molecular formula is C36H46N6O7S2. The summed E-state index contributed by atoms with van der Waals surface area (Å²) in [6, 6.07) is 12.6. The Labute approximate surface area is 303 Å². The van der Waals surface area contributed by atoms with Crippen molar-refractivity contribution in [3.05, 3.63) is 81.8 Å². The zero-order chi connectivity index (χ0) is 36.7. The quantitative estimate of drug-likeness (QED) is 0.0856. The van der Waals surface area contributed by atoms with Crippen LogP contribution in [0.2, 0.25) is 0 Å². The molecular weight excluding hydrogens is 693 g/mol. The van der Waals surface area contributed by atoms with E-state index in [1.165, 1.54) is 51.0 Å². The Hall–Kier alpha value is -4.18. The summed E-state index contributed by atoms with van der Waals surface area (Å²) in [5.41, 5.74) is 1.92. The number of oxime groups is 1. The van der Waals surface area contributed by atoms with Crippen LogP contribution in [0.3, 0.4) is 0 Å². The first-order valence-electron chi connectivity index (χ1n) is 17.2. The summed E-state index contributed by atoms with van der Waals surface area (Å²) >= 11 is 1.42. The van der Waals surface area contributed by atoms with E-state index in [4.69, 9.17) is 5.21 Å². The van der Waals surface area contributed by atoms with Gasteiger partial charge in [0.15, 0.2) is 0 Å². The lowest BCUT2D eigenvalue weighted by molar-refractivity contribution is -0.129. The summed E-state index contributed by atoms with van der Waals surface area (Å²) in [6.07, 6.45) is 3.79. The molecule has 5 rings (SSSR count). The number of carbonyl (C=O) groups is 3. The molecule has 2 heterocycles. The van der Waals surface area contributed by atoms with Gasteiger partial charge in [-0.1, -0.05) is 74.3 Å². The predicted octanol–water partition coefficient (Wildman–Crippen LogP) is 4.02. The number of amides is 4. The molecule has 0 spiro atoms. The number of thiazole rings is 1. The average Bonchev–Trinajstić information content (AvgIpc) is 3.83. The van der Waals surface area contributed by atoms with E-state index >= 15 is 0 Å². The van der Waals surface area contributed by atoms with Crippen molar-refractivity contribution in [2.75, 3.05) is 19.6 Å². The first-order valence-corrected chi connectivity index (χ1v) is 19.5. The lowest BCUT2D eigenvalue weighted by Gasteiger charge is -2.34. The van der Waals surface area contributed by atoms with Crippen LogP contribution < -0.4 is 5.32 Å². The molecule has 4 amide bonds. The number of aliphatic hydroxyl groups excluding tert-OH is 1. The monoisotopic (exact) mass is 738 g/mol. The fraction of sp³-hybridized carbons (Fsp3) is 0.472. The van der Waals surface area contributed by atoms with E-state index in [-0.39, 0.29) is 43.4 Å². The van der Waals surface area contributed by atoms with E-state index in [2.05, 4.69) is 15.5 Å². The predicted molar refractivity (Wildman–Crippen MR) is 193 cm³/mol. The molecule has 1 saturated heterocycles. The highest BCUT2D eigenvalue weighted by Gasteiger charge is 2.44. The first kappa shape index (κ1) is 38.1. The van der Waals surface area contributed by atoms with Gasteiger partial charge in [0.05, 0.1) is 40.5 Å². The van der Waals surface area contributed by atoms with Crippen LogP contribution in [-0.2, 0) is 32.6 Å². The highest BCUT2D eigenvalue weighted by atomic mass is 32.2. The van der Waals surface area contributed by atoms with Crippen LogP contribution >= 0.6 is 11.3 Å². The Kier molecular flexibility index (Phi) is 12.6. The molecule has 274 valence electrons. The molecule has 1 aromatic heterocycles. The Morgan fingerprint density at radius 3 is 2.41 bits per heavy atom. The zero-order valence-corrected chi connectivity index (χ0v) is 30.7. The van der Waals surface area contributed by atoms with E-state index < -0.39 is 52.0 Å². The van der Waals surface area contributed by atoms with Crippen molar-refractivity contribution >= 4 is 45.4 Å². The maximum absolute atomic E-state index is 14.1. The van der Waals surface area contributed by atoms with Crippen molar-refractivity contribution in [2.45, 2.75) is 82.5 Å². The van der Waals surface area contributed by atoms with Gasteiger partial charge in [0, 0.05) is 18.5 Å². The average molecular weight is 739 g/mol. The second-order valence-electron chi connectivity index (χ2n) is 13.6. The SMILES string of the molecule is Cc1nc(CN2C(=O)CN([C@@H](C(=O)N[C@@H](Cc3ccccc3)C(O)CN(CC3CCCC3)S(=O)(=O)c3ccc(/C=N/O)cc3)C(C)C)C2=O)cs1. The minimum absolute atomic E-state index is 0.00331. The van der Waals surface area contributed by atoms with Crippen molar-refractivity contribution in [3.8, 4) is 0 Å². The van der Waals surface area contributed by atoms with Crippen molar-refractivity contribution in [2.24, 2.45) is 17.0 Å². The van der Waals surface area contributed by atoms with Gasteiger partial charge in [0.2, 0.25) is 15.9 Å². The summed E-state index contributed by atoms with van der Waals surface area (Å²) in [5, 5.41) is 29.3. The maximum atomic E-state index is 14.1. The smallest absolute Gasteiger partial charge is 0.328 e. The van der Waals surface area contributed by atoms with E-state index in [0.717, 1.165) is 41.2 Å². The lowest BCUT2D eigenvalue weighted by Crippen LogP contribution is -2.57. The standard InChI is InChI=1S/C36H46N6O7S2/c1-24(2)34(42-22-33(44)41(36(42)46)20-29-23-50-25(3)38-29)35(45)39-31(17-26-9-5-4-6-10-26)32(43)21-40(19-28-11-7-8-12-28)51(48,49)30-15-13-27(14-16-30)18-37-47/h4-6,9-10,13-16,18,23-24,28,31-32,34,43,47H,7-8,11-12,17,19-22H2,1-3H3,(H,39,45)/b37-18+/t31-,32?,34+/m0/s1. The van der Waals surface area contributed by atoms with Gasteiger partial charge in [-0.3, -0.25) is 14.5 Å². The van der Waals surface area contributed by atoms with Crippen molar-refractivity contribution in [3.63, 3.8) is 0 Å². The molecule has 1 saturated carbocycles. The van der Waals surface area contributed by atoms with Crippen LogP contribution in [0.25, 0.3) is 0 Å². The third kappa shape index (κ3) is 9.39. The molecule has 15 heteroatoms. The molecule has 0 radical (unpaired) electrons.